The summed E-state index contributed by atoms with van der Waals surface area (Å²) in [6.45, 7) is 1.73. The Kier molecular flexibility index (Phi) is 3.06. The van der Waals surface area contributed by atoms with Crippen molar-refractivity contribution in [3.63, 3.8) is 0 Å². The molecule has 5 nitrogen and oxygen atoms in total. The average molecular weight is 298 g/mol. The predicted molar refractivity (Wildman–Crippen MR) is 68.6 cm³/mol. The third-order valence-corrected chi connectivity index (χ3v) is 3.10. The van der Waals surface area contributed by atoms with Crippen LogP contribution in [0.2, 0.25) is 0 Å². The van der Waals surface area contributed by atoms with Crippen molar-refractivity contribution in [2.75, 3.05) is 12.8 Å². The summed E-state index contributed by atoms with van der Waals surface area (Å²) < 4.78 is 7.28. The molecule has 0 spiro atoms. The van der Waals surface area contributed by atoms with Gasteiger partial charge in [0.2, 0.25) is 5.95 Å². The number of anilines is 1. The fraction of sp³-hybridized carbons (Fsp3) is 0.273. The normalized spacial score (nSPS) is 12.6. The number of imidazole rings is 1. The van der Waals surface area contributed by atoms with E-state index < -0.39 is 6.04 Å². The Morgan fingerprint density at radius 1 is 1.59 bits per heavy atom. The van der Waals surface area contributed by atoms with E-state index in [1.54, 1.807) is 11.5 Å². The van der Waals surface area contributed by atoms with Gasteiger partial charge >= 0.3 is 5.97 Å². The van der Waals surface area contributed by atoms with Gasteiger partial charge in [0.1, 0.15) is 6.04 Å². The summed E-state index contributed by atoms with van der Waals surface area (Å²) in [6.07, 6.45) is 0. The number of halogens is 1. The smallest absolute Gasteiger partial charge is 0.328 e. The molecule has 0 radical (unpaired) electrons. The molecule has 1 unspecified atom stereocenters. The maximum atomic E-state index is 11.6. The van der Waals surface area contributed by atoms with Crippen LogP contribution in [-0.4, -0.2) is 22.6 Å². The number of fused-ring (bicyclic) bond motifs is 1. The lowest BCUT2D eigenvalue weighted by molar-refractivity contribution is -0.143. The number of hydrogen-bond acceptors (Lipinski definition) is 4. The van der Waals surface area contributed by atoms with Crippen LogP contribution in [0.5, 0.6) is 0 Å². The zero-order valence-electron chi connectivity index (χ0n) is 9.48. The molecule has 0 bridgehead atoms. The molecule has 1 heterocycles. The molecule has 0 aliphatic carbocycles. The zero-order chi connectivity index (χ0) is 12.6. The van der Waals surface area contributed by atoms with Crippen molar-refractivity contribution >= 4 is 38.9 Å². The van der Waals surface area contributed by atoms with Gasteiger partial charge in [-0.15, -0.1) is 0 Å². The van der Waals surface area contributed by atoms with E-state index in [4.69, 9.17) is 10.5 Å². The van der Waals surface area contributed by atoms with Crippen LogP contribution in [0.1, 0.15) is 13.0 Å². The minimum absolute atomic E-state index is 0.302. The fourth-order valence-electron chi connectivity index (χ4n) is 1.77. The molecule has 0 saturated heterocycles. The lowest BCUT2D eigenvalue weighted by Crippen LogP contribution is -2.19. The number of nitrogens with zero attached hydrogens (tertiary/aromatic N) is 2. The molecule has 0 amide bonds. The van der Waals surface area contributed by atoms with E-state index in [1.807, 2.05) is 18.2 Å². The number of hydrogen-bond donors (Lipinski definition) is 1. The fourth-order valence-corrected chi connectivity index (χ4v) is 2.12. The Balaban J connectivity index is 2.63. The highest BCUT2D eigenvalue weighted by molar-refractivity contribution is 9.10. The summed E-state index contributed by atoms with van der Waals surface area (Å²) >= 11 is 3.38. The molecule has 0 aliphatic rings. The molecule has 0 saturated carbocycles. The Hall–Kier alpha value is -1.56. The van der Waals surface area contributed by atoms with E-state index in [1.165, 1.54) is 7.11 Å². The average Bonchev–Trinajstić information content (AvgIpc) is 2.62. The van der Waals surface area contributed by atoms with Crippen LogP contribution in [0.15, 0.2) is 22.7 Å². The SMILES string of the molecule is COC(=O)C(C)n1c(N)nc2ccc(Br)cc21. The summed E-state index contributed by atoms with van der Waals surface area (Å²) in [7, 11) is 1.35. The number of aromatic nitrogens is 2. The van der Waals surface area contributed by atoms with Crippen LogP contribution >= 0.6 is 15.9 Å². The lowest BCUT2D eigenvalue weighted by atomic mass is 10.3. The first-order chi connectivity index (χ1) is 8.04. The molecule has 1 aromatic carbocycles. The molecule has 1 atom stereocenters. The van der Waals surface area contributed by atoms with Crippen LogP contribution in [0, 0.1) is 0 Å². The van der Waals surface area contributed by atoms with Crippen molar-refractivity contribution in [1.29, 1.82) is 0 Å². The molecule has 6 heteroatoms. The van der Waals surface area contributed by atoms with E-state index >= 15 is 0 Å². The molecular weight excluding hydrogens is 286 g/mol. The first kappa shape index (κ1) is 11.9. The third-order valence-electron chi connectivity index (χ3n) is 2.61. The third kappa shape index (κ3) is 2.00. The Morgan fingerprint density at radius 3 is 2.94 bits per heavy atom. The standard InChI is InChI=1S/C11H12BrN3O2/c1-6(10(16)17-2)15-9-5-7(12)3-4-8(9)14-11(15)13/h3-6H,1-2H3,(H2,13,14). The summed E-state index contributed by atoms with van der Waals surface area (Å²) in [5.41, 5.74) is 7.38. The van der Waals surface area contributed by atoms with E-state index in [-0.39, 0.29) is 5.97 Å². The molecule has 0 fully saturated rings. The minimum atomic E-state index is -0.501. The topological polar surface area (TPSA) is 70.1 Å². The highest BCUT2D eigenvalue weighted by Gasteiger charge is 2.20. The van der Waals surface area contributed by atoms with Gasteiger partial charge < -0.3 is 10.5 Å². The number of benzene rings is 1. The number of nitrogens with two attached hydrogens (primary N) is 1. The van der Waals surface area contributed by atoms with E-state index in [9.17, 15) is 4.79 Å². The lowest BCUT2D eigenvalue weighted by Gasteiger charge is -2.13. The molecule has 2 rings (SSSR count). The first-order valence-corrected chi connectivity index (χ1v) is 5.84. The van der Waals surface area contributed by atoms with Gasteiger partial charge in [0.15, 0.2) is 0 Å². The quantitative estimate of drug-likeness (QED) is 0.862. The van der Waals surface area contributed by atoms with E-state index in [0.29, 0.717) is 5.95 Å². The van der Waals surface area contributed by atoms with Gasteiger partial charge in [-0.2, -0.15) is 0 Å². The monoisotopic (exact) mass is 297 g/mol. The number of carbonyl (C=O) groups is 1. The second-order valence-electron chi connectivity index (χ2n) is 3.67. The number of rotatable bonds is 2. The molecule has 2 N–H and O–H groups in total. The van der Waals surface area contributed by atoms with Gasteiger partial charge in [0, 0.05) is 4.47 Å². The Labute approximate surface area is 107 Å². The largest absolute Gasteiger partial charge is 0.467 e. The number of nitrogen functional groups attached to an aromatic ring is 1. The van der Waals surface area contributed by atoms with Gasteiger partial charge in [-0.3, -0.25) is 4.57 Å². The van der Waals surface area contributed by atoms with Crippen molar-refractivity contribution in [2.24, 2.45) is 0 Å². The summed E-state index contributed by atoms with van der Waals surface area (Å²) in [5.74, 6) is -0.0491. The summed E-state index contributed by atoms with van der Waals surface area (Å²) in [6, 6.07) is 5.09. The highest BCUT2D eigenvalue weighted by atomic mass is 79.9. The number of carbonyl (C=O) groups excluding carboxylic acids is 1. The maximum absolute atomic E-state index is 11.6. The molecular formula is C11H12BrN3O2. The number of methoxy groups -OCH3 is 1. The summed E-state index contributed by atoms with van der Waals surface area (Å²) in [4.78, 5) is 15.8. The van der Waals surface area contributed by atoms with Gasteiger partial charge in [-0.05, 0) is 25.1 Å². The van der Waals surface area contributed by atoms with Gasteiger partial charge in [0.05, 0.1) is 18.1 Å². The van der Waals surface area contributed by atoms with Crippen molar-refractivity contribution < 1.29 is 9.53 Å². The van der Waals surface area contributed by atoms with Gasteiger partial charge in [0.25, 0.3) is 0 Å². The second-order valence-corrected chi connectivity index (χ2v) is 4.59. The molecule has 1 aromatic heterocycles. The molecule has 17 heavy (non-hydrogen) atoms. The van der Waals surface area contributed by atoms with Crippen LogP contribution in [0.4, 0.5) is 5.95 Å². The number of esters is 1. The zero-order valence-corrected chi connectivity index (χ0v) is 11.1. The summed E-state index contributed by atoms with van der Waals surface area (Å²) in [5, 5.41) is 0. The van der Waals surface area contributed by atoms with Crippen molar-refractivity contribution in [2.45, 2.75) is 13.0 Å². The molecule has 90 valence electrons. The molecule has 2 aromatic rings. The van der Waals surface area contributed by atoms with Crippen LogP contribution in [-0.2, 0) is 9.53 Å². The van der Waals surface area contributed by atoms with Crippen molar-refractivity contribution in [3.8, 4) is 0 Å². The highest BCUT2D eigenvalue weighted by Crippen LogP contribution is 2.26. The van der Waals surface area contributed by atoms with Crippen molar-refractivity contribution in [1.82, 2.24) is 9.55 Å². The minimum Gasteiger partial charge on any atom is -0.467 e. The van der Waals surface area contributed by atoms with Crippen LogP contribution < -0.4 is 5.73 Å². The first-order valence-electron chi connectivity index (χ1n) is 5.05. The maximum Gasteiger partial charge on any atom is 0.328 e. The van der Waals surface area contributed by atoms with E-state index in [2.05, 4.69) is 20.9 Å². The van der Waals surface area contributed by atoms with Gasteiger partial charge in [-0.25, -0.2) is 9.78 Å². The Morgan fingerprint density at radius 2 is 2.29 bits per heavy atom. The number of ether oxygens (including phenoxy) is 1. The van der Waals surface area contributed by atoms with Crippen LogP contribution in [0.3, 0.4) is 0 Å². The van der Waals surface area contributed by atoms with Gasteiger partial charge in [-0.1, -0.05) is 15.9 Å². The van der Waals surface area contributed by atoms with Crippen LogP contribution in [0.25, 0.3) is 11.0 Å². The molecule has 0 aliphatic heterocycles. The van der Waals surface area contributed by atoms with E-state index in [0.717, 1.165) is 15.5 Å². The Bertz CT molecular complexity index is 579. The van der Waals surface area contributed by atoms with Crippen molar-refractivity contribution in [3.05, 3.63) is 22.7 Å². The predicted octanol–water partition coefficient (Wildman–Crippen LogP) is 2.11. The second kappa shape index (κ2) is 4.37.